The van der Waals surface area contributed by atoms with Crippen LogP contribution in [0.15, 0.2) is 4.99 Å². The van der Waals surface area contributed by atoms with Gasteiger partial charge in [-0.2, -0.15) is 0 Å². The molecule has 2 aliphatic rings. The molecule has 1 heterocycles. The Balaban J connectivity index is 0.00000288. The number of hydrogen-bond acceptors (Lipinski definition) is 3. The number of nitrogens with zero attached hydrogens (tertiary/aromatic N) is 3. The second kappa shape index (κ2) is 11.5. The Morgan fingerprint density at radius 2 is 1.96 bits per heavy atom. The lowest BCUT2D eigenvalue weighted by Crippen LogP contribution is -2.48. The molecular weight excluding hydrogens is 413 g/mol. The Bertz CT molecular complexity index is 368. The van der Waals surface area contributed by atoms with Crippen LogP contribution in [0.1, 0.15) is 45.4 Å². The molecule has 0 spiro atoms. The van der Waals surface area contributed by atoms with Crippen molar-refractivity contribution in [2.45, 2.75) is 57.5 Å². The molecule has 2 fully saturated rings. The van der Waals surface area contributed by atoms with Gasteiger partial charge in [0.2, 0.25) is 0 Å². The molecule has 0 aromatic carbocycles. The lowest BCUT2D eigenvalue weighted by atomic mass is 10.0. The zero-order valence-electron chi connectivity index (χ0n) is 16.1. The molecule has 1 saturated carbocycles. The Hall–Kier alpha value is -0.0800. The minimum atomic E-state index is 0. The number of hydrogen-bond donors (Lipinski definition) is 2. The summed E-state index contributed by atoms with van der Waals surface area (Å²) in [6.45, 7) is 6.66. The van der Waals surface area contributed by atoms with E-state index < -0.39 is 0 Å². The third-order valence-corrected chi connectivity index (χ3v) is 5.44. The monoisotopic (exact) mass is 451 g/mol. The maximum Gasteiger partial charge on any atom is 0.191 e. The molecule has 1 aliphatic heterocycles. The number of likely N-dealkylation sites (N-methyl/N-ethyl adjacent to an activating group) is 1. The Labute approximate surface area is 166 Å². The van der Waals surface area contributed by atoms with Gasteiger partial charge in [0.25, 0.3) is 0 Å². The van der Waals surface area contributed by atoms with Crippen molar-refractivity contribution < 1.29 is 0 Å². The minimum absolute atomic E-state index is 0. The van der Waals surface area contributed by atoms with Crippen molar-refractivity contribution in [2.24, 2.45) is 10.9 Å². The van der Waals surface area contributed by atoms with Crippen LogP contribution in [-0.4, -0.2) is 75.2 Å². The molecule has 2 unspecified atom stereocenters. The zero-order valence-corrected chi connectivity index (χ0v) is 18.4. The van der Waals surface area contributed by atoms with E-state index in [0.717, 1.165) is 37.6 Å². The molecule has 0 bridgehead atoms. The van der Waals surface area contributed by atoms with Gasteiger partial charge >= 0.3 is 0 Å². The van der Waals surface area contributed by atoms with Crippen LogP contribution in [0.2, 0.25) is 0 Å². The average Bonchev–Trinajstić information content (AvgIpc) is 3.38. The largest absolute Gasteiger partial charge is 0.355 e. The molecule has 6 heteroatoms. The van der Waals surface area contributed by atoms with E-state index >= 15 is 0 Å². The predicted molar refractivity (Wildman–Crippen MR) is 114 cm³/mol. The molecule has 2 rings (SSSR count). The maximum absolute atomic E-state index is 4.38. The van der Waals surface area contributed by atoms with E-state index in [1.54, 1.807) is 0 Å². The van der Waals surface area contributed by atoms with E-state index in [0.29, 0.717) is 6.04 Å². The van der Waals surface area contributed by atoms with E-state index in [2.05, 4.69) is 46.4 Å². The number of rotatable bonds is 8. The highest BCUT2D eigenvalue weighted by Gasteiger charge is 2.32. The van der Waals surface area contributed by atoms with Gasteiger partial charge < -0.3 is 15.5 Å². The quantitative estimate of drug-likeness (QED) is 0.338. The maximum atomic E-state index is 4.38. The summed E-state index contributed by atoms with van der Waals surface area (Å²) in [4.78, 5) is 9.37. The molecule has 0 aromatic rings. The van der Waals surface area contributed by atoms with Gasteiger partial charge in [0.15, 0.2) is 5.96 Å². The van der Waals surface area contributed by atoms with Crippen LogP contribution in [0.25, 0.3) is 0 Å². The van der Waals surface area contributed by atoms with Crippen LogP contribution in [0.5, 0.6) is 0 Å². The van der Waals surface area contributed by atoms with E-state index in [9.17, 15) is 0 Å². The molecular formula is C18H38IN5. The Morgan fingerprint density at radius 3 is 2.54 bits per heavy atom. The van der Waals surface area contributed by atoms with Crippen molar-refractivity contribution >= 4 is 29.9 Å². The third kappa shape index (κ3) is 7.04. The molecule has 5 nitrogen and oxygen atoms in total. The van der Waals surface area contributed by atoms with Crippen molar-refractivity contribution in [3.8, 4) is 0 Å². The van der Waals surface area contributed by atoms with Crippen LogP contribution in [-0.2, 0) is 0 Å². The highest BCUT2D eigenvalue weighted by Crippen LogP contribution is 2.34. The third-order valence-electron chi connectivity index (χ3n) is 5.44. The molecule has 1 aliphatic carbocycles. The van der Waals surface area contributed by atoms with Crippen LogP contribution in [0, 0.1) is 5.92 Å². The molecule has 2 atom stereocenters. The topological polar surface area (TPSA) is 42.9 Å². The first-order chi connectivity index (χ1) is 11.2. The first-order valence-electron chi connectivity index (χ1n) is 9.50. The van der Waals surface area contributed by atoms with Crippen molar-refractivity contribution in [2.75, 3.05) is 47.3 Å². The molecule has 2 N–H and O–H groups in total. The SMILES string of the molecule is CCC1CCCCN1CCNC(=NC)NCC(C1CC1)N(C)C.I. The van der Waals surface area contributed by atoms with Gasteiger partial charge in [-0.05, 0) is 58.7 Å². The van der Waals surface area contributed by atoms with Gasteiger partial charge in [-0.3, -0.25) is 9.89 Å². The van der Waals surface area contributed by atoms with Gasteiger partial charge in [-0.15, -0.1) is 24.0 Å². The highest BCUT2D eigenvalue weighted by molar-refractivity contribution is 14.0. The normalized spacial score (nSPS) is 23.7. The lowest BCUT2D eigenvalue weighted by molar-refractivity contribution is 0.147. The number of piperidine rings is 1. The highest BCUT2D eigenvalue weighted by atomic mass is 127. The fraction of sp³-hybridized carbons (Fsp3) is 0.944. The first-order valence-corrected chi connectivity index (χ1v) is 9.50. The summed E-state index contributed by atoms with van der Waals surface area (Å²) >= 11 is 0. The van der Waals surface area contributed by atoms with E-state index in [1.165, 1.54) is 45.1 Å². The first kappa shape index (κ1) is 22.0. The van der Waals surface area contributed by atoms with Gasteiger partial charge in [-0.1, -0.05) is 13.3 Å². The fourth-order valence-electron chi connectivity index (χ4n) is 3.81. The summed E-state index contributed by atoms with van der Waals surface area (Å²) in [5.74, 6) is 1.82. The number of guanidine groups is 1. The van der Waals surface area contributed by atoms with Crippen LogP contribution >= 0.6 is 24.0 Å². The molecule has 142 valence electrons. The van der Waals surface area contributed by atoms with Gasteiger partial charge in [0.1, 0.15) is 0 Å². The second-order valence-corrected chi connectivity index (χ2v) is 7.34. The Morgan fingerprint density at radius 1 is 1.21 bits per heavy atom. The van der Waals surface area contributed by atoms with Crippen molar-refractivity contribution in [3.05, 3.63) is 0 Å². The van der Waals surface area contributed by atoms with Crippen molar-refractivity contribution in [1.82, 2.24) is 20.4 Å². The number of nitrogens with one attached hydrogen (secondary N) is 2. The summed E-state index contributed by atoms with van der Waals surface area (Å²) in [5, 5.41) is 7.01. The van der Waals surface area contributed by atoms with Crippen molar-refractivity contribution in [1.29, 1.82) is 0 Å². The summed E-state index contributed by atoms with van der Waals surface area (Å²) in [7, 11) is 6.23. The summed E-state index contributed by atoms with van der Waals surface area (Å²) in [5.41, 5.74) is 0. The van der Waals surface area contributed by atoms with E-state index in [1.807, 2.05) is 7.05 Å². The molecule has 0 amide bonds. The van der Waals surface area contributed by atoms with Gasteiger partial charge in [0.05, 0.1) is 0 Å². The van der Waals surface area contributed by atoms with E-state index in [-0.39, 0.29) is 24.0 Å². The second-order valence-electron chi connectivity index (χ2n) is 7.34. The molecule has 24 heavy (non-hydrogen) atoms. The molecule has 0 aromatic heterocycles. The number of aliphatic imine (C=N–C) groups is 1. The molecule has 0 radical (unpaired) electrons. The zero-order chi connectivity index (χ0) is 16.7. The minimum Gasteiger partial charge on any atom is -0.355 e. The van der Waals surface area contributed by atoms with Gasteiger partial charge in [-0.25, -0.2) is 0 Å². The van der Waals surface area contributed by atoms with Crippen LogP contribution in [0.3, 0.4) is 0 Å². The standard InChI is InChI=1S/C18H37N5.HI/c1-5-16-8-6-7-12-23(16)13-11-20-18(19-2)21-14-17(22(3)4)15-9-10-15;/h15-17H,5-14H2,1-4H3,(H2,19,20,21);1H. The van der Waals surface area contributed by atoms with Crippen LogP contribution in [0.4, 0.5) is 0 Å². The van der Waals surface area contributed by atoms with Gasteiger partial charge in [0, 0.05) is 38.8 Å². The summed E-state index contributed by atoms with van der Waals surface area (Å²) in [6.07, 6.45) is 8.16. The smallest absolute Gasteiger partial charge is 0.191 e. The predicted octanol–water partition coefficient (Wildman–Crippen LogP) is 2.37. The lowest BCUT2D eigenvalue weighted by Gasteiger charge is -2.35. The van der Waals surface area contributed by atoms with Crippen LogP contribution < -0.4 is 10.6 Å². The van der Waals surface area contributed by atoms with E-state index in [4.69, 9.17) is 0 Å². The fourth-order valence-corrected chi connectivity index (χ4v) is 3.81. The number of halogens is 1. The molecule has 1 saturated heterocycles. The van der Waals surface area contributed by atoms with Crippen molar-refractivity contribution in [3.63, 3.8) is 0 Å². The Kier molecular flexibility index (Phi) is 10.5. The average molecular weight is 451 g/mol. The summed E-state index contributed by atoms with van der Waals surface area (Å²) in [6, 6.07) is 1.41. The number of likely N-dealkylation sites (tertiary alicyclic amines) is 1. The summed E-state index contributed by atoms with van der Waals surface area (Å²) < 4.78 is 0.